The second kappa shape index (κ2) is 9.96. The molecule has 0 bridgehead atoms. The van der Waals surface area contributed by atoms with Crippen molar-refractivity contribution in [2.24, 2.45) is 0 Å². The quantitative estimate of drug-likeness (QED) is 0.366. The number of carbonyl (C=O) groups excluding carboxylic acids is 1. The van der Waals surface area contributed by atoms with Crippen LogP contribution in [0.4, 0.5) is 0 Å². The molecular formula is C29H25N4O+. The summed E-state index contributed by atoms with van der Waals surface area (Å²) in [5, 5.41) is 7.88. The van der Waals surface area contributed by atoms with E-state index in [1.807, 2.05) is 118 Å². The first-order valence-electron chi connectivity index (χ1n) is 11.3. The molecule has 0 aliphatic rings. The average Bonchev–Trinajstić information content (AvgIpc) is 3.28. The normalized spacial score (nSPS) is 10.7. The molecule has 5 heteroatoms. The summed E-state index contributed by atoms with van der Waals surface area (Å²) in [6, 6.07) is 40.0. The molecule has 1 N–H and O–H groups in total. The summed E-state index contributed by atoms with van der Waals surface area (Å²) in [5.41, 5.74) is 4.01. The van der Waals surface area contributed by atoms with Gasteiger partial charge in [0.1, 0.15) is 5.69 Å². The lowest BCUT2D eigenvalue weighted by Gasteiger charge is -2.07. The van der Waals surface area contributed by atoms with Crippen molar-refractivity contribution < 1.29 is 9.36 Å². The highest BCUT2D eigenvalue weighted by molar-refractivity contribution is 5.89. The highest BCUT2D eigenvalue weighted by Gasteiger charge is 2.32. The number of nitrogens with zero attached hydrogens (tertiary/aromatic N) is 3. The predicted octanol–water partition coefficient (Wildman–Crippen LogP) is 4.81. The second-order valence-corrected chi connectivity index (χ2v) is 8.00. The number of rotatable bonds is 7. The van der Waals surface area contributed by atoms with E-state index in [0.717, 1.165) is 28.2 Å². The zero-order valence-corrected chi connectivity index (χ0v) is 18.7. The Morgan fingerprint density at radius 3 is 1.85 bits per heavy atom. The second-order valence-electron chi connectivity index (χ2n) is 8.00. The van der Waals surface area contributed by atoms with Crippen LogP contribution in [0.2, 0.25) is 0 Å². The zero-order chi connectivity index (χ0) is 23.2. The van der Waals surface area contributed by atoms with Crippen LogP contribution in [0.1, 0.15) is 21.7 Å². The fourth-order valence-electron chi connectivity index (χ4n) is 3.97. The van der Waals surface area contributed by atoms with Crippen molar-refractivity contribution >= 4 is 5.91 Å². The fourth-order valence-corrected chi connectivity index (χ4v) is 3.97. The molecule has 1 aromatic heterocycles. The van der Waals surface area contributed by atoms with Crippen LogP contribution in [-0.4, -0.2) is 15.7 Å². The van der Waals surface area contributed by atoms with Gasteiger partial charge in [-0.1, -0.05) is 102 Å². The minimum atomic E-state index is -0.216. The molecule has 0 spiro atoms. The third kappa shape index (κ3) is 4.64. The van der Waals surface area contributed by atoms with Crippen LogP contribution in [0, 0.1) is 0 Å². The fraction of sp³-hybridized carbons (Fsp3) is 0.0690. The topological polar surface area (TPSA) is 50.8 Å². The van der Waals surface area contributed by atoms with Crippen LogP contribution < -0.4 is 9.88 Å². The molecule has 0 fully saturated rings. The SMILES string of the molecule is O=C(NCc1ccccc1)c1nn(-c2ccccc2)c(-c2ccccc2)[n+]1Cc1ccccc1. The summed E-state index contributed by atoms with van der Waals surface area (Å²) in [5.74, 6) is 0.995. The number of amides is 1. The number of hydrogen-bond donors (Lipinski definition) is 1. The molecule has 0 aliphatic carbocycles. The smallest absolute Gasteiger partial charge is 0.343 e. The lowest BCUT2D eigenvalue weighted by atomic mass is 10.2. The lowest BCUT2D eigenvalue weighted by molar-refractivity contribution is -0.679. The van der Waals surface area contributed by atoms with Gasteiger partial charge in [-0.2, -0.15) is 0 Å². The molecule has 166 valence electrons. The van der Waals surface area contributed by atoms with Crippen molar-refractivity contribution in [3.8, 4) is 17.1 Å². The first-order valence-corrected chi connectivity index (χ1v) is 11.3. The van der Waals surface area contributed by atoms with E-state index in [2.05, 4.69) is 17.4 Å². The standard InChI is InChI=1S/C29H24N4O/c34-28(30-21-23-13-5-1-6-14-23)27-31-33(26-19-11-4-12-20-26)29(25-17-9-3-10-18-25)32(27)22-24-15-7-2-8-16-24/h1-20H,21-22H2/p+1. The summed E-state index contributed by atoms with van der Waals surface area (Å²) in [6.07, 6.45) is 0. The minimum Gasteiger partial charge on any atom is -0.343 e. The van der Waals surface area contributed by atoms with E-state index in [1.54, 1.807) is 0 Å². The Labute approximate surface area is 199 Å². The van der Waals surface area contributed by atoms with Gasteiger partial charge in [-0.25, -0.2) is 4.57 Å². The van der Waals surface area contributed by atoms with Gasteiger partial charge >= 0.3 is 11.7 Å². The summed E-state index contributed by atoms with van der Waals surface area (Å²) in [6.45, 7) is 0.954. The molecule has 0 radical (unpaired) electrons. The number of carbonyl (C=O) groups is 1. The van der Waals surface area contributed by atoms with E-state index >= 15 is 0 Å². The zero-order valence-electron chi connectivity index (χ0n) is 18.7. The monoisotopic (exact) mass is 445 g/mol. The predicted molar refractivity (Wildman–Crippen MR) is 132 cm³/mol. The number of nitrogens with one attached hydrogen (secondary N) is 1. The van der Waals surface area contributed by atoms with Crippen LogP contribution in [0.25, 0.3) is 17.1 Å². The van der Waals surface area contributed by atoms with Crippen molar-refractivity contribution in [3.63, 3.8) is 0 Å². The van der Waals surface area contributed by atoms with Crippen molar-refractivity contribution in [1.82, 2.24) is 15.1 Å². The van der Waals surface area contributed by atoms with E-state index in [9.17, 15) is 4.79 Å². The van der Waals surface area contributed by atoms with Gasteiger partial charge in [-0.3, -0.25) is 4.79 Å². The van der Waals surface area contributed by atoms with Gasteiger partial charge in [0.25, 0.3) is 5.82 Å². The molecule has 5 aromatic rings. The lowest BCUT2D eigenvalue weighted by Crippen LogP contribution is -2.44. The van der Waals surface area contributed by atoms with E-state index in [-0.39, 0.29) is 5.91 Å². The Morgan fingerprint density at radius 2 is 1.24 bits per heavy atom. The van der Waals surface area contributed by atoms with Gasteiger partial charge in [0.2, 0.25) is 0 Å². The Bertz CT molecular complexity index is 1370. The molecule has 5 nitrogen and oxygen atoms in total. The average molecular weight is 446 g/mol. The first kappa shape index (κ1) is 21.3. The molecule has 1 amide bonds. The molecule has 0 unspecified atom stereocenters. The molecule has 0 aliphatic heterocycles. The Morgan fingerprint density at radius 1 is 0.706 bits per heavy atom. The number of aromatic nitrogens is 3. The largest absolute Gasteiger partial charge is 0.367 e. The summed E-state index contributed by atoms with van der Waals surface area (Å²) < 4.78 is 3.85. The Kier molecular flexibility index (Phi) is 6.25. The highest BCUT2D eigenvalue weighted by atomic mass is 16.2. The van der Waals surface area contributed by atoms with Crippen LogP contribution in [0.5, 0.6) is 0 Å². The van der Waals surface area contributed by atoms with Gasteiger partial charge in [-0.15, -0.1) is 0 Å². The first-order chi connectivity index (χ1) is 16.8. The van der Waals surface area contributed by atoms with Crippen molar-refractivity contribution in [2.45, 2.75) is 13.1 Å². The molecule has 0 saturated carbocycles. The van der Waals surface area contributed by atoms with Crippen LogP contribution in [-0.2, 0) is 13.1 Å². The minimum absolute atomic E-state index is 0.216. The van der Waals surface area contributed by atoms with Crippen LogP contribution in [0.3, 0.4) is 0 Å². The molecule has 0 atom stereocenters. The highest BCUT2D eigenvalue weighted by Crippen LogP contribution is 2.21. The van der Waals surface area contributed by atoms with Gasteiger partial charge in [-0.05, 0) is 35.4 Å². The third-order valence-electron chi connectivity index (χ3n) is 5.62. The summed E-state index contributed by atoms with van der Waals surface area (Å²) in [4.78, 5) is 13.4. The maximum absolute atomic E-state index is 13.4. The Hall–Kier alpha value is -4.51. The molecule has 5 rings (SSSR count). The maximum Gasteiger partial charge on any atom is 0.367 e. The molecule has 34 heavy (non-hydrogen) atoms. The van der Waals surface area contributed by atoms with Gasteiger partial charge in [0, 0.05) is 6.54 Å². The molecule has 0 saturated heterocycles. The van der Waals surface area contributed by atoms with E-state index in [1.165, 1.54) is 0 Å². The summed E-state index contributed by atoms with van der Waals surface area (Å²) in [7, 11) is 0. The van der Waals surface area contributed by atoms with E-state index in [4.69, 9.17) is 5.10 Å². The number of para-hydroxylation sites is 1. The van der Waals surface area contributed by atoms with Crippen molar-refractivity contribution in [2.75, 3.05) is 0 Å². The molecular weight excluding hydrogens is 420 g/mol. The third-order valence-corrected chi connectivity index (χ3v) is 5.62. The van der Waals surface area contributed by atoms with Gasteiger partial charge in [0.15, 0.2) is 0 Å². The van der Waals surface area contributed by atoms with E-state index < -0.39 is 0 Å². The van der Waals surface area contributed by atoms with Gasteiger partial charge in [0.05, 0.1) is 17.2 Å². The van der Waals surface area contributed by atoms with Crippen molar-refractivity contribution in [1.29, 1.82) is 0 Å². The molecule has 1 heterocycles. The van der Waals surface area contributed by atoms with Crippen LogP contribution >= 0.6 is 0 Å². The molecule has 4 aromatic carbocycles. The van der Waals surface area contributed by atoms with E-state index in [0.29, 0.717) is 18.9 Å². The van der Waals surface area contributed by atoms with Crippen molar-refractivity contribution in [3.05, 3.63) is 138 Å². The number of benzene rings is 4. The number of hydrogen-bond acceptors (Lipinski definition) is 2. The van der Waals surface area contributed by atoms with Gasteiger partial charge < -0.3 is 5.32 Å². The maximum atomic E-state index is 13.4. The Balaban J connectivity index is 1.63. The van der Waals surface area contributed by atoms with Crippen LogP contribution in [0.15, 0.2) is 121 Å². The summed E-state index contributed by atoms with van der Waals surface area (Å²) >= 11 is 0.